The maximum Gasteiger partial charge on any atom is 0.251 e. The molecule has 32 heavy (non-hydrogen) atoms. The van der Waals surface area contributed by atoms with Gasteiger partial charge in [-0.25, -0.2) is 4.98 Å². The van der Waals surface area contributed by atoms with E-state index in [1.807, 2.05) is 38.1 Å². The van der Waals surface area contributed by atoms with Crippen molar-refractivity contribution < 1.29 is 14.3 Å². The minimum atomic E-state index is -0.432. The Hall–Kier alpha value is -3.68. The van der Waals surface area contributed by atoms with E-state index in [2.05, 4.69) is 20.3 Å². The van der Waals surface area contributed by atoms with Gasteiger partial charge in [0.25, 0.3) is 5.56 Å². The number of rotatable bonds is 6. The van der Waals surface area contributed by atoms with Crippen LogP contribution in [0.3, 0.4) is 0 Å². The van der Waals surface area contributed by atoms with Crippen LogP contribution in [0.25, 0.3) is 11.5 Å². The Bertz CT molecular complexity index is 1160. The lowest BCUT2D eigenvalue weighted by Gasteiger charge is -2.28. The van der Waals surface area contributed by atoms with E-state index in [1.165, 1.54) is 6.07 Å². The number of H-pyrrole nitrogens is 1. The standard InChI is InChI=1S/C24H26N4O4/c1-14(2)22(19-12-21(29)27-23(26-19)18-6-4-5-9-25-18)28-24(30)16-10-15-11-17(31-3)7-8-20(15)32-13-16/h4-9,11-12,14,16,22H,10,13H2,1-3H3,(H,28,30)(H,26,27,29). The van der Waals surface area contributed by atoms with Gasteiger partial charge < -0.3 is 19.8 Å². The largest absolute Gasteiger partial charge is 0.497 e. The van der Waals surface area contributed by atoms with E-state index in [0.717, 1.165) is 17.1 Å². The lowest BCUT2D eigenvalue weighted by Crippen LogP contribution is -2.41. The fourth-order valence-corrected chi connectivity index (χ4v) is 3.78. The number of hydrogen-bond donors (Lipinski definition) is 2. The average Bonchev–Trinajstić information content (AvgIpc) is 2.81. The van der Waals surface area contributed by atoms with Crippen LogP contribution in [0.5, 0.6) is 11.5 Å². The third kappa shape index (κ3) is 4.64. The van der Waals surface area contributed by atoms with Gasteiger partial charge in [0.2, 0.25) is 5.91 Å². The Kier molecular flexibility index (Phi) is 6.20. The summed E-state index contributed by atoms with van der Waals surface area (Å²) < 4.78 is 11.1. The minimum Gasteiger partial charge on any atom is -0.497 e. The number of aromatic amines is 1. The molecule has 0 saturated heterocycles. The first-order chi connectivity index (χ1) is 15.4. The van der Waals surface area contributed by atoms with Crippen LogP contribution in [-0.2, 0) is 11.2 Å². The van der Waals surface area contributed by atoms with E-state index in [1.54, 1.807) is 25.4 Å². The SMILES string of the molecule is COc1ccc2c(c1)CC(C(=O)NC(c1cc(=O)[nH]c(-c3ccccn3)n1)C(C)C)CO2. The van der Waals surface area contributed by atoms with Crippen molar-refractivity contribution in [2.45, 2.75) is 26.3 Å². The topological polar surface area (TPSA) is 106 Å². The number of hydrogen-bond acceptors (Lipinski definition) is 6. The van der Waals surface area contributed by atoms with Crippen molar-refractivity contribution in [3.8, 4) is 23.0 Å². The van der Waals surface area contributed by atoms with Crippen LogP contribution >= 0.6 is 0 Å². The first-order valence-corrected chi connectivity index (χ1v) is 10.6. The number of carbonyl (C=O) groups excluding carboxylic acids is 1. The normalized spacial score (nSPS) is 16.1. The molecule has 2 N–H and O–H groups in total. The predicted octanol–water partition coefficient (Wildman–Crippen LogP) is 2.91. The number of methoxy groups -OCH3 is 1. The number of benzene rings is 1. The van der Waals surface area contributed by atoms with E-state index >= 15 is 0 Å². The second-order valence-electron chi connectivity index (χ2n) is 8.15. The summed E-state index contributed by atoms with van der Waals surface area (Å²) in [5, 5.41) is 3.08. The van der Waals surface area contributed by atoms with E-state index in [0.29, 0.717) is 23.6 Å². The summed E-state index contributed by atoms with van der Waals surface area (Å²) >= 11 is 0. The third-order valence-electron chi connectivity index (χ3n) is 5.50. The van der Waals surface area contributed by atoms with Gasteiger partial charge in [-0.2, -0.15) is 0 Å². The fourth-order valence-electron chi connectivity index (χ4n) is 3.78. The van der Waals surface area contributed by atoms with E-state index in [9.17, 15) is 9.59 Å². The third-order valence-corrected chi connectivity index (χ3v) is 5.50. The summed E-state index contributed by atoms with van der Waals surface area (Å²) in [4.78, 5) is 37.1. The summed E-state index contributed by atoms with van der Waals surface area (Å²) in [6.45, 7) is 4.25. The Morgan fingerprint density at radius 2 is 2.09 bits per heavy atom. The molecule has 0 saturated carbocycles. The van der Waals surface area contributed by atoms with Crippen LogP contribution in [0.4, 0.5) is 0 Å². The van der Waals surface area contributed by atoms with Crippen LogP contribution in [0.1, 0.15) is 31.1 Å². The van der Waals surface area contributed by atoms with Gasteiger partial charge in [-0.1, -0.05) is 19.9 Å². The Balaban J connectivity index is 1.56. The number of nitrogens with zero attached hydrogens (tertiary/aromatic N) is 2. The molecule has 0 spiro atoms. The van der Waals surface area contributed by atoms with Crippen molar-refractivity contribution >= 4 is 5.91 Å². The molecule has 1 amide bonds. The lowest BCUT2D eigenvalue weighted by atomic mass is 9.94. The van der Waals surface area contributed by atoms with Crippen molar-refractivity contribution in [2.24, 2.45) is 11.8 Å². The molecule has 1 aromatic carbocycles. The second-order valence-corrected chi connectivity index (χ2v) is 8.15. The smallest absolute Gasteiger partial charge is 0.251 e. The monoisotopic (exact) mass is 434 g/mol. The number of carbonyl (C=O) groups is 1. The zero-order chi connectivity index (χ0) is 22.7. The van der Waals surface area contributed by atoms with Gasteiger partial charge in [-0.05, 0) is 48.2 Å². The highest BCUT2D eigenvalue weighted by Gasteiger charge is 2.30. The zero-order valence-corrected chi connectivity index (χ0v) is 18.3. The lowest BCUT2D eigenvalue weighted by molar-refractivity contribution is -0.127. The molecule has 1 aliphatic heterocycles. The maximum atomic E-state index is 13.1. The molecule has 2 unspecified atom stereocenters. The zero-order valence-electron chi connectivity index (χ0n) is 18.3. The first-order valence-electron chi connectivity index (χ1n) is 10.6. The maximum absolute atomic E-state index is 13.1. The molecular weight excluding hydrogens is 408 g/mol. The second kappa shape index (κ2) is 9.21. The van der Waals surface area contributed by atoms with Crippen LogP contribution in [0.2, 0.25) is 0 Å². The molecule has 2 atom stereocenters. The molecule has 4 rings (SSSR count). The summed E-state index contributed by atoms with van der Waals surface area (Å²) in [5.74, 6) is 1.39. The van der Waals surface area contributed by atoms with Crippen molar-refractivity contribution in [3.05, 3.63) is 70.3 Å². The van der Waals surface area contributed by atoms with Crippen LogP contribution in [-0.4, -0.2) is 34.6 Å². The summed E-state index contributed by atoms with van der Waals surface area (Å²) in [6, 6.07) is 12.0. The highest BCUT2D eigenvalue weighted by molar-refractivity contribution is 5.80. The number of ether oxygens (including phenoxy) is 2. The molecular formula is C24H26N4O4. The Morgan fingerprint density at radius 1 is 1.25 bits per heavy atom. The molecule has 166 valence electrons. The van der Waals surface area contributed by atoms with Crippen LogP contribution < -0.4 is 20.3 Å². The van der Waals surface area contributed by atoms with E-state index in [4.69, 9.17) is 9.47 Å². The summed E-state index contributed by atoms with van der Waals surface area (Å²) in [7, 11) is 1.61. The van der Waals surface area contributed by atoms with Gasteiger partial charge in [0.1, 0.15) is 23.8 Å². The Labute approximate surface area is 186 Å². The minimum absolute atomic E-state index is 0.0155. The molecule has 0 bridgehead atoms. The van der Waals surface area contributed by atoms with Crippen molar-refractivity contribution in [2.75, 3.05) is 13.7 Å². The van der Waals surface area contributed by atoms with Gasteiger partial charge in [0, 0.05) is 12.3 Å². The molecule has 0 radical (unpaired) electrons. The number of nitrogens with one attached hydrogen (secondary N) is 2. The number of aromatic nitrogens is 3. The molecule has 8 nitrogen and oxygen atoms in total. The summed E-state index contributed by atoms with van der Waals surface area (Å²) in [5.41, 5.74) is 1.70. The fraction of sp³-hybridized carbons (Fsp3) is 0.333. The summed E-state index contributed by atoms with van der Waals surface area (Å²) in [6.07, 6.45) is 2.19. The molecule has 0 fully saturated rings. The molecule has 0 aliphatic carbocycles. The molecule has 2 aromatic heterocycles. The van der Waals surface area contributed by atoms with Gasteiger partial charge in [-0.15, -0.1) is 0 Å². The Morgan fingerprint density at radius 3 is 2.81 bits per heavy atom. The van der Waals surface area contributed by atoms with E-state index < -0.39 is 6.04 Å². The van der Waals surface area contributed by atoms with Gasteiger partial charge in [-0.3, -0.25) is 14.6 Å². The van der Waals surface area contributed by atoms with Gasteiger partial charge >= 0.3 is 0 Å². The molecule has 3 heterocycles. The van der Waals surface area contributed by atoms with Crippen LogP contribution in [0, 0.1) is 11.8 Å². The molecule has 8 heteroatoms. The van der Waals surface area contributed by atoms with Gasteiger partial charge in [0.15, 0.2) is 5.82 Å². The van der Waals surface area contributed by atoms with Crippen LogP contribution in [0.15, 0.2) is 53.5 Å². The van der Waals surface area contributed by atoms with Crippen molar-refractivity contribution in [3.63, 3.8) is 0 Å². The molecule has 1 aliphatic rings. The number of pyridine rings is 1. The van der Waals surface area contributed by atoms with Gasteiger partial charge in [0.05, 0.1) is 24.8 Å². The highest BCUT2D eigenvalue weighted by atomic mass is 16.5. The van der Waals surface area contributed by atoms with E-state index in [-0.39, 0.29) is 29.9 Å². The highest BCUT2D eigenvalue weighted by Crippen LogP contribution is 2.31. The number of amides is 1. The first kappa shape index (κ1) is 21.5. The van der Waals surface area contributed by atoms with Crippen molar-refractivity contribution in [1.82, 2.24) is 20.3 Å². The quantitative estimate of drug-likeness (QED) is 0.618. The average molecular weight is 434 g/mol. The number of fused-ring (bicyclic) bond motifs is 1. The predicted molar refractivity (Wildman–Crippen MR) is 119 cm³/mol. The van der Waals surface area contributed by atoms with Crippen molar-refractivity contribution in [1.29, 1.82) is 0 Å². The molecule has 3 aromatic rings.